The van der Waals surface area contributed by atoms with Crippen LogP contribution in [-0.4, -0.2) is 28.0 Å². The van der Waals surface area contributed by atoms with E-state index in [1.54, 1.807) is 0 Å². The zero-order chi connectivity index (χ0) is 14.8. The van der Waals surface area contributed by atoms with Crippen LogP contribution in [0.4, 0.5) is 11.9 Å². The minimum absolute atomic E-state index is 0.186. The minimum atomic E-state index is 0.186. The molecule has 6 heteroatoms. The molecule has 0 unspecified atom stereocenters. The van der Waals surface area contributed by atoms with E-state index in [2.05, 4.69) is 25.9 Å². The lowest BCUT2D eigenvalue weighted by Crippen LogP contribution is -2.21. The predicted octanol–water partition coefficient (Wildman–Crippen LogP) is 2.46. The van der Waals surface area contributed by atoms with E-state index in [0.717, 1.165) is 37.1 Å². The summed E-state index contributed by atoms with van der Waals surface area (Å²) in [6, 6.07) is 6.23. The Hall–Kier alpha value is -2.37. The van der Waals surface area contributed by atoms with E-state index in [1.807, 2.05) is 26.0 Å². The number of benzene rings is 1. The molecule has 1 aromatic heterocycles. The summed E-state index contributed by atoms with van der Waals surface area (Å²) in [4.78, 5) is 14.7. The van der Waals surface area contributed by atoms with Crippen LogP contribution in [0, 0.1) is 13.8 Å². The van der Waals surface area contributed by atoms with Gasteiger partial charge in [-0.25, -0.2) is 0 Å². The van der Waals surface area contributed by atoms with E-state index in [9.17, 15) is 0 Å². The third-order valence-corrected chi connectivity index (χ3v) is 3.41. The number of anilines is 2. The van der Waals surface area contributed by atoms with Crippen molar-refractivity contribution in [2.45, 2.75) is 26.7 Å². The summed E-state index contributed by atoms with van der Waals surface area (Å²) in [5.41, 5.74) is 8.03. The second-order valence-electron chi connectivity index (χ2n) is 5.40. The van der Waals surface area contributed by atoms with Crippen LogP contribution in [0.3, 0.4) is 0 Å². The van der Waals surface area contributed by atoms with Gasteiger partial charge in [-0.1, -0.05) is 6.07 Å². The normalized spacial score (nSPS) is 14.5. The Morgan fingerprint density at radius 3 is 2.33 bits per heavy atom. The molecule has 6 nitrogen and oxygen atoms in total. The lowest BCUT2D eigenvalue weighted by molar-refractivity contribution is 0.440. The first-order valence-corrected chi connectivity index (χ1v) is 7.13. The lowest BCUT2D eigenvalue weighted by atomic mass is 10.1. The Morgan fingerprint density at radius 1 is 1.00 bits per heavy atom. The number of nitrogens with two attached hydrogens (primary N) is 1. The quantitative estimate of drug-likeness (QED) is 0.933. The number of ether oxygens (including phenoxy) is 1. The van der Waals surface area contributed by atoms with Crippen molar-refractivity contribution >= 4 is 11.9 Å². The average molecular weight is 285 g/mol. The fourth-order valence-corrected chi connectivity index (χ4v) is 2.56. The number of aryl methyl sites for hydroxylation is 2. The molecule has 0 saturated carbocycles. The molecule has 0 radical (unpaired) electrons. The van der Waals surface area contributed by atoms with E-state index in [-0.39, 0.29) is 12.0 Å². The first kappa shape index (κ1) is 13.6. The summed E-state index contributed by atoms with van der Waals surface area (Å²) in [5, 5.41) is 0. The predicted molar refractivity (Wildman–Crippen MR) is 81.7 cm³/mol. The molecule has 1 aliphatic rings. The summed E-state index contributed by atoms with van der Waals surface area (Å²) in [6.45, 7) is 5.95. The molecule has 2 heterocycles. The molecule has 0 aliphatic carbocycles. The standard InChI is InChI=1S/C15H19N5O/c1-10-7-11(2)9-12(8-10)21-15-18-13(16)17-14(19-15)20-5-3-4-6-20/h7-9H,3-6H2,1-2H3,(H2,16,17,18,19). The molecule has 1 aliphatic heterocycles. The topological polar surface area (TPSA) is 77.2 Å². The first-order valence-electron chi connectivity index (χ1n) is 7.13. The van der Waals surface area contributed by atoms with Crippen molar-refractivity contribution in [3.63, 3.8) is 0 Å². The highest BCUT2D eigenvalue weighted by molar-refractivity contribution is 5.39. The molecule has 0 bridgehead atoms. The molecule has 0 atom stereocenters. The fourth-order valence-electron chi connectivity index (χ4n) is 2.56. The van der Waals surface area contributed by atoms with Crippen LogP contribution >= 0.6 is 0 Å². The Kier molecular flexibility index (Phi) is 3.60. The van der Waals surface area contributed by atoms with Crippen molar-refractivity contribution in [1.82, 2.24) is 15.0 Å². The molecule has 0 amide bonds. The van der Waals surface area contributed by atoms with Crippen molar-refractivity contribution in [3.8, 4) is 11.8 Å². The number of hydrogen-bond acceptors (Lipinski definition) is 6. The number of nitrogens with zero attached hydrogens (tertiary/aromatic N) is 4. The van der Waals surface area contributed by atoms with E-state index >= 15 is 0 Å². The summed E-state index contributed by atoms with van der Waals surface area (Å²) in [5.74, 6) is 1.50. The van der Waals surface area contributed by atoms with Crippen LogP contribution in [-0.2, 0) is 0 Å². The number of aromatic nitrogens is 3. The molecule has 1 fully saturated rings. The molecule has 21 heavy (non-hydrogen) atoms. The van der Waals surface area contributed by atoms with Crippen molar-refractivity contribution in [1.29, 1.82) is 0 Å². The highest BCUT2D eigenvalue weighted by Crippen LogP contribution is 2.24. The monoisotopic (exact) mass is 285 g/mol. The number of nitrogen functional groups attached to an aromatic ring is 1. The molecule has 2 N–H and O–H groups in total. The van der Waals surface area contributed by atoms with E-state index in [1.165, 1.54) is 0 Å². The van der Waals surface area contributed by atoms with Gasteiger partial charge in [-0.05, 0) is 49.9 Å². The van der Waals surface area contributed by atoms with E-state index in [4.69, 9.17) is 10.5 Å². The van der Waals surface area contributed by atoms with Gasteiger partial charge in [0.05, 0.1) is 0 Å². The van der Waals surface area contributed by atoms with Crippen molar-refractivity contribution in [3.05, 3.63) is 29.3 Å². The number of rotatable bonds is 3. The van der Waals surface area contributed by atoms with Crippen molar-refractivity contribution < 1.29 is 4.74 Å². The van der Waals surface area contributed by atoms with Gasteiger partial charge >= 0.3 is 6.01 Å². The molecular formula is C15H19N5O. The number of hydrogen-bond donors (Lipinski definition) is 1. The Bertz CT molecular complexity index is 632. The molecular weight excluding hydrogens is 266 g/mol. The van der Waals surface area contributed by atoms with Gasteiger partial charge in [0.25, 0.3) is 0 Å². The zero-order valence-corrected chi connectivity index (χ0v) is 12.3. The third-order valence-electron chi connectivity index (χ3n) is 3.41. The van der Waals surface area contributed by atoms with E-state index < -0.39 is 0 Å². The van der Waals surface area contributed by atoms with Gasteiger partial charge in [-0.3, -0.25) is 0 Å². The molecule has 3 rings (SSSR count). The van der Waals surface area contributed by atoms with Gasteiger partial charge in [0.15, 0.2) is 0 Å². The third kappa shape index (κ3) is 3.21. The van der Waals surface area contributed by atoms with Gasteiger partial charge in [-0.2, -0.15) is 15.0 Å². The average Bonchev–Trinajstić information content (AvgIpc) is 2.90. The van der Waals surface area contributed by atoms with Crippen LogP contribution in [0.1, 0.15) is 24.0 Å². The van der Waals surface area contributed by atoms with Crippen molar-refractivity contribution in [2.75, 3.05) is 23.7 Å². The largest absolute Gasteiger partial charge is 0.424 e. The highest BCUT2D eigenvalue weighted by atomic mass is 16.5. The molecule has 0 spiro atoms. The van der Waals surface area contributed by atoms with Gasteiger partial charge in [0.2, 0.25) is 11.9 Å². The maximum Gasteiger partial charge on any atom is 0.328 e. The Labute approximate surface area is 124 Å². The summed E-state index contributed by atoms with van der Waals surface area (Å²) < 4.78 is 5.75. The van der Waals surface area contributed by atoms with Crippen LogP contribution in [0.15, 0.2) is 18.2 Å². The smallest absolute Gasteiger partial charge is 0.328 e. The van der Waals surface area contributed by atoms with Crippen LogP contribution in [0.25, 0.3) is 0 Å². The van der Waals surface area contributed by atoms with Crippen molar-refractivity contribution in [2.24, 2.45) is 0 Å². The minimum Gasteiger partial charge on any atom is -0.424 e. The highest BCUT2D eigenvalue weighted by Gasteiger charge is 2.17. The Morgan fingerprint density at radius 2 is 1.67 bits per heavy atom. The van der Waals surface area contributed by atoms with Gasteiger partial charge in [-0.15, -0.1) is 0 Å². The first-order chi connectivity index (χ1) is 10.1. The second kappa shape index (κ2) is 5.55. The molecule has 110 valence electrons. The maximum atomic E-state index is 5.77. The SMILES string of the molecule is Cc1cc(C)cc(Oc2nc(N)nc(N3CCCC3)n2)c1. The summed E-state index contributed by atoms with van der Waals surface area (Å²) in [6.07, 6.45) is 2.30. The summed E-state index contributed by atoms with van der Waals surface area (Å²) >= 11 is 0. The lowest BCUT2D eigenvalue weighted by Gasteiger charge is -2.15. The fraction of sp³-hybridized carbons (Fsp3) is 0.400. The Balaban J connectivity index is 1.87. The maximum absolute atomic E-state index is 5.77. The summed E-state index contributed by atoms with van der Waals surface area (Å²) in [7, 11) is 0. The van der Waals surface area contributed by atoms with Gasteiger partial charge in [0.1, 0.15) is 5.75 Å². The van der Waals surface area contributed by atoms with Gasteiger partial charge in [0, 0.05) is 13.1 Å². The molecule has 1 aromatic carbocycles. The van der Waals surface area contributed by atoms with Crippen LogP contribution in [0.5, 0.6) is 11.8 Å². The van der Waals surface area contributed by atoms with Gasteiger partial charge < -0.3 is 15.4 Å². The van der Waals surface area contributed by atoms with Crippen LogP contribution in [0.2, 0.25) is 0 Å². The molecule has 1 saturated heterocycles. The van der Waals surface area contributed by atoms with E-state index in [0.29, 0.717) is 11.7 Å². The second-order valence-corrected chi connectivity index (χ2v) is 5.40. The van der Waals surface area contributed by atoms with Crippen LogP contribution < -0.4 is 15.4 Å². The zero-order valence-electron chi connectivity index (χ0n) is 12.3. The molecule has 2 aromatic rings.